The van der Waals surface area contributed by atoms with Gasteiger partial charge < -0.3 is 19.6 Å². The van der Waals surface area contributed by atoms with Crippen molar-refractivity contribution >= 4 is 28.6 Å². The van der Waals surface area contributed by atoms with Gasteiger partial charge in [0.1, 0.15) is 11.5 Å². The summed E-state index contributed by atoms with van der Waals surface area (Å²) in [5, 5.41) is 7.15. The largest absolute Gasteiger partial charge is 0.448 e. The van der Waals surface area contributed by atoms with Crippen LogP contribution in [-0.4, -0.2) is 28.1 Å². The van der Waals surface area contributed by atoms with E-state index in [1.54, 1.807) is 26.0 Å². The Hall–Kier alpha value is -3.09. The standard InChI is InChI=1S/C17H17N3O4/c1-3-14(16(21)19-15-8-10(2)24-20-15)23-17(22)13-9-11-6-4-5-7-12(11)18-13/h4-9,14,18H,3H2,1-2H3,(H,19,20,21)/t14-/m1/s1. The normalized spacial score (nSPS) is 12.1. The molecule has 2 heterocycles. The number of anilines is 1. The molecule has 0 saturated heterocycles. The van der Waals surface area contributed by atoms with Crippen LogP contribution >= 0.6 is 0 Å². The number of ether oxygens (including phenoxy) is 1. The fourth-order valence-electron chi connectivity index (χ4n) is 2.33. The summed E-state index contributed by atoms with van der Waals surface area (Å²) in [7, 11) is 0. The van der Waals surface area contributed by atoms with E-state index in [1.807, 2.05) is 24.3 Å². The average molecular weight is 327 g/mol. The number of hydrogen-bond donors (Lipinski definition) is 2. The minimum Gasteiger partial charge on any atom is -0.448 e. The van der Waals surface area contributed by atoms with Crippen LogP contribution in [0, 0.1) is 6.92 Å². The molecule has 0 saturated carbocycles. The SMILES string of the molecule is CC[C@@H](OC(=O)c1cc2ccccc2[nH]1)C(=O)Nc1cc(C)on1. The van der Waals surface area contributed by atoms with Crippen LogP contribution in [0.15, 0.2) is 40.9 Å². The number of hydrogen-bond acceptors (Lipinski definition) is 5. The van der Waals surface area contributed by atoms with Gasteiger partial charge in [0.15, 0.2) is 11.9 Å². The maximum absolute atomic E-state index is 12.3. The van der Waals surface area contributed by atoms with E-state index in [2.05, 4.69) is 15.5 Å². The van der Waals surface area contributed by atoms with Gasteiger partial charge in [-0.15, -0.1) is 0 Å². The van der Waals surface area contributed by atoms with E-state index in [0.29, 0.717) is 17.9 Å². The second kappa shape index (κ2) is 6.57. The Morgan fingerprint density at radius 1 is 1.33 bits per heavy atom. The van der Waals surface area contributed by atoms with E-state index in [0.717, 1.165) is 10.9 Å². The van der Waals surface area contributed by atoms with Crippen LogP contribution in [0.25, 0.3) is 10.9 Å². The molecule has 2 N–H and O–H groups in total. The van der Waals surface area contributed by atoms with Gasteiger partial charge in [-0.1, -0.05) is 30.3 Å². The third-order valence-corrected chi connectivity index (χ3v) is 3.54. The van der Waals surface area contributed by atoms with Crippen LogP contribution in [0.4, 0.5) is 5.82 Å². The number of carbonyl (C=O) groups excluding carboxylic acids is 2. The topological polar surface area (TPSA) is 97.2 Å². The van der Waals surface area contributed by atoms with Crippen molar-refractivity contribution in [2.45, 2.75) is 26.4 Å². The third kappa shape index (κ3) is 3.29. The number of amides is 1. The van der Waals surface area contributed by atoms with E-state index in [9.17, 15) is 9.59 Å². The number of aromatic nitrogens is 2. The molecule has 1 amide bonds. The molecule has 3 rings (SSSR count). The molecule has 7 nitrogen and oxygen atoms in total. The van der Waals surface area contributed by atoms with Crippen molar-refractivity contribution in [3.05, 3.63) is 47.9 Å². The van der Waals surface area contributed by atoms with E-state index >= 15 is 0 Å². The second-order valence-corrected chi connectivity index (χ2v) is 5.38. The smallest absolute Gasteiger partial charge is 0.355 e. The van der Waals surface area contributed by atoms with Gasteiger partial charge in [-0.05, 0) is 25.5 Å². The van der Waals surface area contributed by atoms with Crippen molar-refractivity contribution in [1.82, 2.24) is 10.1 Å². The van der Waals surface area contributed by atoms with Gasteiger partial charge in [0, 0.05) is 17.0 Å². The predicted octanol–water partition coefficient (Wildman–Crippen LogP) is 3.04. The molecule has 0 radical (unpaired) electrons. The molecule has 7 heteroatoms. The Labute approximate surface area is 138 Å². The van der Waals surface area contributed by atoms with Gasteiger partial charge >= 0.3 is 5.97 Å². The lowest BCUT2D eigenvalue weighted by Gasteiger charge is -2.14. The van der Waals surface area contributed by atoms with Gasteiger partial charge in [0.05, 0.1) is 0 Å². The minimum atomic E-state index is -0.916. The second-order valence-electron chi connectivity index (χ2n) is 5.38. The number of H-pyrrole nitrogens is 1. The molecule has 0 aliphatic heterocycles. The summed E-state index contributed by atoms with van der Waals surface area (Å²) in [5.74, 6) is -0.161. The lowest BCUT2D eigenvalue weighted by molar-refractivity contribution is -0.124. The number of aromatic amines is 1. The number of rotatable bonds is 5. The Kier molecular flexibility index (Phi) is 4.33. The third-order valence-electron chi connectivity index (χ3n) is 3.54. The summed E-state index contributed by atoms with van der Waals surface area (Å²) in [6.45, 7) is 3.48. The Morgan fingerprint density at radius 2 is 2.12 bits per heavy atom. The molecule has 0 spiro atoms. The number of fused-ring (bicyclic) bond motifs is 1. The first-order chi connectivity index (χ1) is 11.6. The maximum atomic E-state index is 12.3. The highest BCUT2D eigenvalue weighted by Gasteiger charge is 2.23. The highest BCUT2D eigenvalue weighted by molar-refractivity contribution is 5.98. The first-order valence-electron chi connectivity index (χ1n) is 7.59. The van der Waals surface area contributed by atoms with Crippen LogP contribution in [-0.2, 0) is 9.53 Å². The maximum Gasteiger partial charge on any atom is 0.355 e. The Bertz CT molecular complexity index is 848. The van der Waals surface area contributed by atoms with Gasteiger partial charge in [0.25, 0.3) is 5.91 Å². The molecular formula is C17H17N3O4. The molecular weight excluding hydrogens is 310 g/mol. The van der Waals surface area contributed by atoms with Crippen LogP contribution in [0.2, 0.25) is 0 Å². The lowest BCUT2D eigenvalue weighted by Crippen LogP contribution is -2.32. The molecule has 1 atom stereocenters. The van der Waals surface area contributed by atoms with E-state index in [-0.39, 0.29) is 5.82 Å². The number of esters is 1. The van der Waals surface area contributed by atoms with Crippen molar-refractivity contribution in [2.24, 2.45) is 0 Å². The molecule has 124 valence electrons. The van der Waals surface area contributed by atoms with E-state index in [1.165, 1.54) is 0 Å². The highest BCUT2D eigenvalue weighted by atomic mass is 16.5. The number of aryl methyl sites for hydroxylation is 1. The van der Waals surface area contributed by atoms with Crippen molar-refractivity contribution in [1.29, 1.82) is 0 Å². The summed E-state index contributed by atoms with van der Waals surface area (Å²) >= 11 is 0. The number of para-hydroxylation sites is 1. The zero-order valence-electron chi connectivity index (χ0n) is 13.3. The number of benzene rings is 1. The van der Waals surface area contributed by atoms with Crippen LogP contribution in [0.1, 0.15) is 29.6 Å². The number of carbonyl (C=O) groups is 2. The summed E-state index contributed by atoms with van der Waals surface area (Å²) in [6, 6.07) is 10.8. The molecule has 0 aliphatic carbocycles. The zero-order valence-corrected chi connectivity index (χ0v) is 13.3. The quantitative estimate of drug-likeness (QED) is 0.702. The molecule has 3 aromatic rings. The monoisotopic (exact) mass is 327 g/mol. The molecule has 0 unspecified atom stereocenters. The molecule has 2 aromatic heterocycles. The van der Waals surface area contributed by atoms with Crippen LogP contribution in [0.3, 0.4) is 0 Å². The fourth-order valence-corrected chi connectivity index (χ4v) is 2.33. The summed E-state index contributed by atoms with van der Waals surface area (Å²) in [6.07, 6.45) is -0.574. The minimum absolute atomic E-state index is 0.289. The zero-order chi connectivity index (χ0) is 17.1. The van der Waals surface area contributed by atoms with E-state index in [4.69, 9.17) is 9.26 Å². The molecule has 0 bridgehead atoms. The van der Waals surface area contributed by atoms with Crippen molar-refractivity contribution in [2.75, 3.05) is 5.32 Å². The average Bonchev–Trinajstić information content (AvgIpc) is 3.18. The van der Waals surface area contributed by atoms with Crippen molar-refractivity contribution in [3.63, 3.8) is 0 Å². The van der Waals surface area contributed by atoms with Crippen molar-refractivity contribution < 1.29 is 18.8 Å². The van der Waals surface area contributed by atoms with E-state index < -0.39 is 18.0 Å². The first-order valence-corrected chi connectivity index (χ1v) is 7.59. The summed E-state index contributed by atoms with van der Waals surface area (Å²) in [4.78, 5) is 27.5. The first kappa shape index (κ1) is 15.8. The lowest BCUT2D eigenvalue weighted by atomic mass is 10.2. The van der Waals surface area contributed by atoms with Gasteiger partial charge in [-0.3, -0.25) is 4.79 Å². The highest BCUT2D eigenvalue weighted by Crippen LogP contribution is 2.16. The fraction of sp³-hybridized carbons (Fsp3) is 0.235. The molecule has 1 aromatic carbocycles. The number of nitrogens with zero attached hydrogens (tertiary/aromatic N) is 1. The summed E-state index contributed by atoms with van der Waals surface area (Å²) in [5.41, 5.74) is 1.14. The number of nitrogens with one attached hydrogen (secondary N) is 2. The summed E-state index contributed by atoms with van der Waals surface area (Å²) < 4.78 is 10.2. The molecule has 0 aliphatic rings. The van der Waals surface area contributed by atoms with Gasteiger partial charge in [-0.25, -0.2) is 4.79 Å². The predicted molar refractivity (Wildman–Crippen MR) is 87.7 cm³/mol. The van der Waals surface area contributed by atoms with Crippen molar-refractivity contribution in [3.8, 4) is 0 Å². The molecule has 0 fully saturated rings. The van der Waals surface area contributed by atoms with Gasteiger partial charge in [0.2, 0.25) is 0 Å². The Balaban J connectivity index is 1.69. The van der Waals surface area contributed by atoms with Gasteiger partial charge in [-0.2, -0.15) is 0 Å². The van der Waals surface area contributed by atoms with Crippen LogP contribution < -0.4 is 5.32 Å². The van der Waals surface area contributed by atoms with Crippen LogP contribution in [0.5, 0.6) is 0 Å². The molecule has 24 heavy (non-hydrogen) atoms. The Morgan fingerprint density at radius 3 is 2.79 bits per heavy atom.